The highest BCUT2D eigenvalue weighted by Gasteiger charge is 2.31. The van der Waals surface area contributed by atoms with Gasteiger partial charge in [-0.05, 0) is 37.1 Å². The van der Waals surface area contributed by atoms with Gasteiger partial charge in [0.15, 0.2) is 5.96 Å². The molecule has 1 aromatic carbocycles. The van der Waals surface area contributed by atoms with E-state index < -0.39 is 5.60 Å². The molecule has 23 heavy (non-hydrogen) atoms. The SMILES string of the molecule is CCNC(=NCC1(O)CCSC1)N(C)Cc1ccccc1C.I. The summed E-state index contributed by atoms with van der Waals surface area (Å²) in [5.41, 5.74) is 1.95. The minimum absolute atomic E-state index is 0. The van der Waals surface area contributed by atoms with Crippen LogP contribution in [0.3, 0.4) is 0 Å². The normalized spacial score (nSPS) is 21.0. The Labute approximate surface area is 161 Å². The summed E-state index contributed by atoms with van der Waals surface area (Å²) in [7, 11) is 2.04. The highest BCUT2D eigenvalue weighted by molar-refractivity contribution is 14.0. The van der Waals surface area contributed by atoms with Crippen molar-refractivity contribution >= 4 is 41.7 Å². The Morgan fingerprint density at radius 3 is 2.78 bits per heavy atom. The van der Waals surface area contributed by atoms with Crippen LogP contribution in [-0.2, 0) is 6.54 Å². The summed E-state index contributed by atoms with van der Waals surface area (Å²) in [4.78, 5) is 6.78. The van der Waals surface area contributed by atoms with E-state index in [1.807, 2.05) is 7.05 Å². The minimum Gasteiger partial charge on any atom is -0.387 e. The van der Waals surface area contributed by atoms with E-state index in [0.717, 1.165) is 37.0 Å². The molecule has 0 bridgehead atoms. The number of aliphatic hydroxyl groups is 1. The van der Waals surface area contributed by atoms with Gasteiger partial charge >= 0.3 is 0 Å². The molecule has 0 radical (unpaired) electrons. The second-order valence-electron chi connectivity index (χ2n) is 5.98. The molecular weight excluding hydrogens is 421 g/mol. The van der Waals surface area contributed by atoms with Crippen molar-refractivity contribution in [3.8, 4) is 0 Å². The van der Waals surface area contributed by atoms with Crippen LogP contribution in [0.15, 0.2) is 29.3 Å². The number of guanidine groups is 1. The van der Waals surface area contributed by atoms with Gasteiger partial charge in [-0.2, -0.15) is 11.8 Å². The van der Waals surface area contributed by atoms with E-state index in [1.54, 1.807) is 11.8 Å². The molecular formula is C17H28IN3OS. The van der Waals surface area contributed by atoms with Crippen molar-refractivity contribution in [2.75, 3.05) is 31.6 Å². The van der Waals surface area contributed by atoms with Crippen LogP contribution in [0.1, 0.15) is 24.5 Å². The maximum atomic E-state index is 10.4. The van der Waals surface area contributed by atoms with Gasteiger partial charge in [0.25, 0.3) is 0 Å². The lowest BCUT2D eigenvalue weighted by molar-refractivity contribution is 0.0776. The first kappa shape index (κ1) is 20.6. The van der Waals surface area contributed by atoms with Gasteiger partial charge in [0, 0.05) is 25.9 Å². The third-order valence-corrected chi connectivity index (χ3v) is 5.21. The predicted octanol–water partition coefficient (Wildman–Crippen LogP) is 2.88. The Balaban J connectivity index is 0.00000264. The molecule has 0 saturated carbocycles. The van der Waals surface area contributed by atoms with Crippen molar-refractivity contribution < 1.29 is 5.11 Å². The smallest absolute Gasteiger partial charge is 0.194 e. The summed E-state index contributed by atoms with van der Waals surface area (Å²) in [6.45, 7) is 6.30. The summed E-state index contributed by atoms with van der Waals surface area (Å²) in [6.07, 6.45) is 0.835. The highest BCUT2D eigenvalue weighted by atomic mass is 127. The molecule has 2 N–H and O–H groups in total. The first-order chi connectivity index (χ1) is 10.5. The van der Waals surface area contributed by atoms with E-state index in [2.05, 4.69) is 53.3 Å². The third-order valence-electron chi connectivity index (χ3n) is 3.97. The van der Waals surface area contributed by atoms with Gasteiger partial charge in [-0.3, -0.25) is 4.99 Å². The minimum atomic E-state index is -0.630. The van der Waals surface area contributed by atoms with Crippen molar-refractivity contribution in [3.05, 3.63) is 35.4 Å². The molecule has 4 nitrogen and oxygen atoms in total. The van der Waals surface area contributed by atoms with Crippen LogP contribution in [0.4, 0.5) is 0 Å². The lowest BCUT2D eigenvalue weighted by atomic mass is 10.0. The molecule has 2 rings (SSSR count). The first-order valence-corrected chi connectivity index (χ1v) is 9.03. The maximum Gasteiger partial charge on any atom is 0.194 e. The number of aryl methyl sites for hydroxylation is 1. The van der Waals surface area contributed by atoms with E-state index >= 15 is 0 Å². The summed E-state index contributed by atoms with van der Waals surface area (Å²) >= 11 is 1.81. The monoisotopic (exact) mass is 449 g/mol. The standard InChI is InChI=1S/C17H27N3OS.HI/c1-4-18-16(19-12-17(21)9-10-22-13-17)20(3)11-15-8-6-5-7-14(15)2;/h5-8,21H,4,9-13H2,1-3H3,(H,18,19);1H. The summed E-state index contributed by atoms with van der Waals surface area (Å²) in [5.74, 6) is 2.68. The van der Waals surface area contributed by atoms with Crippen LogP contribution in [0.5, 0.6) is 0 Å². The first-order valence-electron chi connectivity index (χ1n) is 7.88. The molecule has 1 saturated heterocycles. The number of hydrogen-bond donors (Lipinski definition) is 2. The molecule has 0 aliphatic carbocycles. The predicted molar refractivity (Wildman–Crippen MR) is 111 cm³/mol. The third kappa shape index (κ3) is 6.15. The second-order valence-corrected chi connectivity index (χ2v) is 7.08. The van der Waals surface area contributed by atoms with E-state index in [1.165, 1.54) is 11.1 Å². The van der Waals surface area contributed by atoms with Crippen molar-refractivity contribution in [3.63, 3.8) is 0 Å². The number of aliphatic imine (C=N–C) groups is 1. The zero-order chi connectivity index (χ0) is 16.0. The van der Waals surface area contributed by atoms with Gasteiger partial charge in [0.2, 0.25) is 0 Å². The van der Waals surface area contributed by atoms with Gasteiger partial charge < -0.3 is 15.3 Å². The molecule has 0 aromatic heterocycles. The Morgan fingerprint density at radius 2 is 2.17 bits per heavy atom. The van der Waals surface area contributed by atoms with Crippen molar-refractivity contribution in [1.29, 1.82) is 0 Å². The lowest BCUT2D eigenvalue weighted by Gasteiger charge is -2.25. The fourth-order valence-corrected chi connectivity index (χ4v) is 3.82. The zero-order valence-corrected chi connectivity index (χ0v) is 17.4. The van der Waals surface area contributed by atoms with Crippen molar-refractivity contribution in [1.82, 2.24) is 10.2 Å². The van der Waals surface area contributed by atoms with Crippen LogP contribution in [0.2, 0.25) is 0 Å². The topological polar surface area (TPSA) is 47.9 Å². The number of halogens is 1. The number of rotatable bonds is 5. The van der Waals surface area contributed by atoms with Crippen LogP contribution >= 0.6 is 35.7 Å². The fraction of sp³-hybridized carbons (Fsp3) is 0.588. The average molecular weight is 449 g/mol. The van der Waals surface area contributed by atoms with E-state index in [0.29, 0.717) is 6.54 Å². The quantitative estimate of drug-likeness (QED) is 0.413. The van der Waals surface area contributed by atoms with Crippen LogP contribution < -0.4 is 5.32 Å². The molecule has 130 valence electrons. The number of nitrogens with one attached hydrogen (secondary N) is 1. The van der Waals surface area contributed by atoms with E-state index in [9.17, 15) is 5.11 Å². The molecule has 1 aliphatic heterocycles. The molecule has 1 atom stereocenters. The Hall–Kier alpha value is -0.470. The molecule has 1 heterocycles. The zero-order valence-electron chi connectivity index (χ0n) is 14.2. The molecule has 0 amide bonds. The number of nitrogens with zero attached hydrogens (tertiary/aromatic N) is 2. The van der Waals surface area contributed by atoms with Gasteiger partial charge in [0.05, 0.1) is 12.1 Å². The van der Waals surface area contributed by atoms with Crippen LogP contribution in [-0.4, -0.2) is 53.2 Å². The van der Waals surface area contributed by atoms with Crippen molar-refractivity contribution in [2.24, 2.45) is 4.99 Å². The van der Waals surface area contributed by atoms with Crippen LogP contribution in [0, 0.1) is 6.92 Å². The number of benzene rings is 1. The molecule has 0 spiro atoms. The van der Waals surface area contributed by atoms with Gasteiger partial charge in [-0.15, -0.1) is 24.0 Å². The summed E-state index contributed by atoms with van der Waals surface area (Å²) in [6, 6.07) is 8.41. The highest BCUT2D eigenvalue weighted by Crippen LogP contribution is 2.27. The largest absolute Gasteiger partial charge is 0.387 e. The van der Waals surface area contributed by atoms with Gasteiger partial charge in [0.1, 0.15) is 0 Å². The van der Waals surface area contributed by atoms with Gasteiger partial charge in [-0.1, -0.05) is 24.3 Å². The average Bonchev–Trinajstić information content (AvgIpc) is 2.93. The van der Waals surface area contributed by atoms with Crippen molar-refractivity contribution in [2.45, 2.75) is 32.4 Å². The molecule has 1 unspecified atom stereocenters. The van der Waals surface area contributed by atoms with E-state index in [-0.39, 0.29) is 24.0 Å². The molecule has 1 fully saturated rings. The Morgan fingerprint density at radius 1 is 1.43 bits per heavy atom. The Kier molecular flexibility index (Phi) is 8.71. The molecule has 1 aromatic rings. The van der Waals surface area contributed by atoms with Crippen LogP contribution in [0.25, 0.3) is 0 Å². The molecule has 1 aliphatic rings. The Bertz CT molecular complexity index is 518. The second kappa shape index (κ2) is 9.74. The number of hydrogen-bond acceptors (Lipinski definition) is 3. The lowest BCUT2D eigenvalue weighted by Crippen LogP contribution is -2.41. The summed E-state index contributed by atoms with van der Waals surface area (Å²) < 4.78 is 0. The maximum absolute atomic E-state index is 10.4. The van der Waals surface area contributed by atoms with Gasteiger partial charge in [-0.25, -0.2) is 0 Å². The fourth-order valence-electron chi connectivity index (χ4n) is 2.53. The van der Waals surface area contributed by atoms with E-state index in [4.69, 9.17) is 0 Å². The number of thioether (sulfide) groups is 1. The summed E-state index contributed by atoms with van der Waals surface area (Å²) in [5, 5.41) is 13.8. The molecule has 6 heteroatoms.